The van der Waals surface area contributed by atoms with Crippen molar-refractivity contribution < 1.29 is 32.5 Å². The molecule has 0 spiro atoms. The molecule has 3 saturated heterocycles. The first-order valence-electron chi connectivity index (χ1n) is 16.4. The molecule has 0 radical (unpaired) electrons. The van der Waals surface area contributed by atoms with Gasteiger partial charge in [0.15, 0.2) is 17.4 Å². The Kier molecular flexibility index (Phi) is 7.74. The Bertz CT molecular complexity index is 1960. The van der Waals surface area contributed by atoms with Crippen molar-refractivity contribution in [2.75, 3.05) is 64.6 Å². The summed E-state index contributed by atoms with van der Waals surface area (Å²) >= 11 is 0. The van der Waals surface area contributed by atoms with Crippen molar-refractivity contribution in [1.29, 1.82) is 0 Å². The van der Waals surface area contributed by atoms with Gasteiger partial charge < -0.3 is 29.5 Å². The van der Waals surface area contributed by atoms with E-state index in [2.05, 4.69) is 21.1 Å². The van der Waals surface area contributed by atoms with Gasteiger partial charge in [0.25, 0.3) is 0 Å². The number of methoxy groups -OCH3 is 1. The molecule has 2 atom stereocenters. The fourth-order valence-electron chi connectivity index (χ4n) is 7.67. The van der Waals surface area contributed by atoms with E-state index in [0.717, 1.165) is 51.4 Å². The molecule has 4 aromatic rings. The number of fused-ring (bicyclic) bond motifs is 4. The molecule has 1 aliphatic carbocycles. The standard InChI is InChI=1S/C36H36F3N5O4/c1-3-24-26(37)7-4-20-14-23(45)15-25(27(20)24)28-30(38)32-29(33(46-2)31(28)39)34(44-16-21-5-6-22(17-44)40-21)42-35(41-32)48-19-36(8-9-36)18-43-10-12-47-13-11-43/h1,4,7,14-15,21-22,40,45H,5-6,8-13,16-19H2,2H3. The summed E-state index contributed by atoms with van der Waals surface area (Å²) in [5.41, 5.74) is -1.13. The zero-order chi connectivity index (χ0) is 33.2. The highest BCUT2D eigenvalue weighted by Gasteiger charge is 2.45. The molecule has 48 heavy (non-hydrogen) atoms. The Hall–Kier alpha value is -4.31. The zero-order valence-electron chi connectivity index (χ0n) is 26.6. The second-order valence-corrected chi connectivity index (χ2v) is 13.5. The van der Waals surface area contributed by atoms with E-state index in [-0.39, 0.29) is 62.4 Å². The van der Waals surface area contributed by atoms with Gasteiger partial charge in [0, 0.05) is 61.2 Å². The number of benzene rings is 3. The second-order valence-electron chi connectivity index (χ2n) is 13.5. The molecule has 0 amide bonds. The van der Waals surface area contributed by atoms with Crippen LogP contribution in [0.3, 0.4) is 0 Å². The third-order valence-electron chi connectivity index (χ3n) is 10.3. The van der Waals surface area contributed by atoms with E-state index in [1.165, 1.54) is 25.3 Å². The number of halogens is 3. The summed E-state index contributed by atoms with van der Waals surface area (Å²) in [6.45, 7) is 5.48. The third-order valence-corrected chi connectivity index (χ3v) is 10.3. The Morgan fingerprint density at radius 3 is 2.50 bits per heavy atom. The number of phenolic OH excluding ortho intramolecular Hbond substituents is 1. The number of anilines is 1. The van der Waals surface area contributed by atoms with E-state index in [0.29, 0.717) is 44.1 Å². The zero-order valence-corrected chi connectivity index (χ0v) is 26.6. The van der Waals surface area contributed by atoms with Crippen LogP contribution in [0, 0.1) is 35.2 Å². The fraction of sp³-hybridized carbons (Fsp3) is 0.444. The van der Waals surface area contributed by atoms with Crippen molar-refractivity contribution in [2.24, 2.45) is 5.41 Å². The van der Waals surface area contributed by atoms with Gasteiger partial charge in [0.05, 0.1) is 43.4 Å². The van der Waals surface area contributed by atoms with Gasteiger partial charge in [0.2, 0.25) is 0 Å². The summed E-state index contributed by atoms with van der Waals surface area (Å²) in [5, 5.41) is 14.7. The molecule has 4 aliphatic rings. The van der Waals surface area contributed by atoms with Crippen LogP contribution < -0.4 is 19.7 Å². The highest BCUT2D eigenvalue weighted by atomic mass is 19.1. The van der Waals surface area contributed by atoms with Gasteiger partial charge in [-0.25, -0.2) is 13.2 Å². The largest absolute Gasteiger partial charge is 0.508 e. The molecule has 1 saturated carbocycles. The average molecular weight is 660 g/mol. The van der Waals surface area contributed by atoms with Crippen LogP contribution in [0.4, 0.5) is 19.0 Å². The van der Waals surface area contributed by atoms with Gasteiger partial charge >= 0.3 is 6.01 Å². The molecule has 2 unspecified atom stereocenters. The minimum atomic E-state index is -1.04. The Morgan fingerprint density at radius 2 is 1.81 bits per heavy atom. The minimum Gasteiger partial charge on any atom is -0.508 e. The first-order chi connectivity index (χ1) is 23.3. The number of rotatable bonds is 8. The third kappa shape index (κ3) is 5.34. The Morgan fingerprint density at radius 1 is 1.06 bits per heavy atom. The maximum absolute atomic E-state index is 17.1. The molecule has 1 aromatic heterocycles. The van der Waals surface area contributed by atoms with Crippen LogP contribution in [0.2, 0.25) is 0 Å². The van der Waals surface area contributed by atoms with Crippen LogP contribution in [0.15, 0.2) is 24.3 Å². The van der Waals surface area contributed by atoms with Gasteiger partial charge in [-0.2, -0.15) is 9.97 Å². The number of nitrogens with one attached hydrogen (secondary N) is 1. The maximum Gasteiger partial charge on any atom is 0.319 e. The highest BCUT2D eigenvalue weighted by Crippen LogP contribution is 2.48. The molecule has 3 aromatic carbocycles. The number of nitrogens with zero attached hydrogens (tertiary/aromatic N) is 4. The lowest BCUT2D eigenvalue weighted by molar-refractivity contribution is 0.0231. The number of morpholine rings is 1. The van der Waals surface area contributed by atoms with Crippen LogP contribution in [-0.2, 0) is 4.74 Å². The monoisotopic (exact) mass is 659 g/mol. The number of hydrogen-bond acceptors (Lipinski definition) is 9. The molecule has 3 aliphatic heterocycles. The van der Waals surface area contributed by atoms with E-state index in [1.54, 1.807) is 0 Å². The lowest BCUT2D eigenvalue weighted by atomic mass is 9.92. The van der Waals surface area contributed by atoms with Gasteiger partial charge in [-0.3, -0.25) is 4.90 Å². The van der Waals surface area contributed by atoms with Crippen LogP contribution in [-0.4, -0.2) is 91.7 Å². The number of aromatic nitrogens is 2. The molecule has 12 heteroatoms. The maximum atomic E-state index is 17.1. The van der Waals surface area contributed by atoms with Crippen molar-refractivity contribution in [3.8, 4) is 41.0 Å². The lowest BCUT2D eigenvalue weighted by Crippen LogP contribution is -2.51. The van der Waals surface area contributed by atoms with Gasteiger partial charge in [0.1, 0.15) is 22.9 Å². The van der Waals surface area contributed by atoms with Crippen molar-refractivity contribution in [2.45, 2.75) is 37.8 Å². The van der Waals surface area contributed by atoms with Crippen LogP contribution in [0.1, 0.15) is 31.2 Å². The van der Waals surface area contributed by atoms with Gasteiger partial charge in [-0.15, -0.1) is 6.42 Å². The number of phenols is 1. The summed E-state index contributed by atoms with van der Waals surface area (Å²) in [6.07, 6.45) is 9.63. The normalized spacial score (nSPS) is 21.9. The summed E-state index contributed by atoms with van der Waals surface area (Å²) < 4.78 is 66.3. The first kappa shape index (κ1) is 31.0. The predicted molar refractivity (Wildman–Crippen MR) is 175 cm³/mol. The van der Waals surface area contributed by atoms with Crippen molar-refractivity contribution in [3.63, 3.8) is 0 Å². The number of ether oxygens (including phenoxy) is 3. The predicted octanol–water partition coefficient (Wildman–Crippen LogP) is 4.99. The van der Waals surface area contributed by atoms with Crippen LogP contribution in [0.25, 0.3) is 32.8 Å². The summed E-state index contributed by atoms with van der Waals surface area (Å²) in [7, 11) is 1.30. The molecule has 250 valence electrons. The number of hydrogen-bond donors (Lipinski definition) is 2. The molecule has 8 rings (SSSR count). The molecule has 4 heterocycles. The topological polar surface area (TPSA) is 92.2 Å². The van der Waals surface area contributed by atoms with E-state index in [1.807, 2.05) is 4.90 Å². The average Bonchev–Trinajstić information content (AvgIpc) is 3.77. The summed E-state index contributed by atoms with van der Waals surface area (Å²) in [4.78, 5) is 13.7. The number of aromatic hydroxyl groups is 1. The number of terminal acetylenes is 1. The molecule has 4 fully saturated rings. The second kappa shape index (κ2) is 12.0. The Labute approximate surface area is 276 Å². The SMILES string of the molecule is C#Cc1c(F)ccc2cc(O)cc(-c3c(F)c(OC)c4c(N5CC6CCC(C5)N6)nc(OCC5(CN6CCOCC6)CC5)nc4c3F)c12. The highest BCUT2D eigenvalue weighted by molar-refractivity contribution is 6.06. The molecular formula is C36H36F3N5O4. The van der Waals surface area contributed by atoms with Gasteiger partial charge in [-0.05, 0) is 49.3 Å². The Balaban J connectivity index is 1.30. The molecule has 2 bridgehead atoms. The first-order valence-corrected chi connectivity index (χ1v) is 16.4. The lowest BCUT2D eigenvalue weighted by Gasteiger charge is -2.34. The molecule has 9 nitrogen and oxygen atoms in total. The van der Waals surface area contributed by atoms with E-state index in [9.17, 15) is 9.50 Å². The van der Waals surface area contributed by atoms with Gasteiger partial charge in [-0.1, -0.05) is 12.0 Å². The van der Waals surface area contributed by atoms with Crippen LogP contribution in [0.5, 0.6) is 17.5 Å². The fourth-order valence-corrected chi connectivity index (χ4v) is 7.67. The molecular weight excluding hydrogens is 623 g/mol. The minimum absolute atomic E-state index is 0.0220. The summed E-state index contributed by atoms with van der Waals surface area (Å²) in [6, 6.07) is 5.48. The summed E-state index contributed by atoms with van der Waals surface area (Å²) in [5.74, 6) is -0.704. The quantitative estimate of drug-likeness (QED) is 0.254. The van der Waals surface area contributed by atoms with Crippen molar-refractivity contribution >= 4 is 27.5 Å². The van der Waals surface area contributed by atoms with E-state index >= 15 is 8.78 Å². The smallest absolute Gasteiger partial charge is 0.319 e. The van der Waals surface area contributed by atoms with Crippen molar-refractivity contribution in [1.82, 2.24) is 20.2 Å². The number of piperazine rings is 1. The van der Waals surface area contributed by atoms with E-state index < -0.39 is 23.0 Å². The molecule has 2 N–H and O–H groups in total. The van der Waals surface area contributed by atoms with Crippen molar-refractivity contribution in [3.05, 3.63) is 47.3 Å². The van der Waals surface area contributed by atoms with Crippen LogP contribution >= 0.6 is 0 Å². The van der Waals surface area contributed by atoms with E-state index in [4.69, 9.17) is 25.6 Å².